The number of imide groups is 1. The number of amides is 2. The monoisotopic (exact) mass is 566 g/mol. The first-order valence-corrected chi connectivity index (χ1v) is 14.8. The molecule has 1 saturated carbocycles. The second-order valence-electron chi connectivity index (χ2n) is 10.7. The third-order valence-electron chi connectivity index (χ3n) is 8.43. The zero-order chi connectivity index (χ0) is 27.1. The normalized spacial score (nSPS) is 19.9. The number of hydrogen-bond donors (Lipinski definition) is 1. The fourth-order valence-corrected chi connectivity index (χ4v) is 7.65. The minimum atomic E-state index is -0.250. The molecule has 3 aliphatic heterocycles. The van der Waals surface area contributed by atoms with Crippen molar-refractivity contribution in [1.29, 1.82) is 0 Å². The van der Waals surface area contributed by atoms with Gasteiger partial charge in [-0.05, 0) is 55.5 Å². The minimum Gasteiger partial charge on any atom is -0.483 e. The van der Waals surface area contributed by atoms with Crippen LogP contribution in [0.2, 0.25) is 5.02 Å². The van der Waals surface area contributed by atoms with E-state index in [2.05, 4.69) is 33.0 Å². The van der Waals surface area contributed by atoms with Crippen LogP contribution in [-0.4, -0.2) is 69.9 Å². The highest BCUT2D eigenvalue weighted by Gasteiger charge is 2.40. The quantitative estimate of drug-likeness (QED) is 0.345. The summed E-state index contributed by atoms with van der Waals surface area (Å²) in [4.78, 5) is 45.0. The van der Waals surface area contributed by atoms with E-state index >= 15 is 0 Å². The summed E-state index contributed by atoms with van der Waals surface area (Å²) in [7, 11) is 0. The highest BCUT2D eigenvalue weighted by Crippen LogP contribution is 2.45. The van der Waals surface area contributed by atoms with E-state index in [1.807, 2.05) is 12.3 Å². The first-order valence-electron chi connectivity index (χ1n) is 13.6. The second kappa shape index (κ2) is 10.9. The Kier molecular flexibility index (Phi) is 7.31. The molecule has 7 rings (SSSR count). The van der Waals surface area contributed by atoms with Crippen molar-refractivity contribution in [1.82, 2.24) is 14.8 Å². The molecule has 2 aromatic heterocycles. The highest BCUT2D eigenvalue weighted by molar-refractivity contribution is 7.19. The van der Waals surface area contributed by atoms with Crippen molar-refractivity contribution in [3.8, 4) is 11.1 Å². The summed E-state index contributed by atoms with van der Waals surface area (Å²) in [6, 6.07) is 9.73. The third-order valence-corrected chi connectivity index (χ3v) is 9.79. The maximum atomic E-state index is 12.2. The fraction of sp³-hybridized carbons (Fsp3) is 0.448. The van der Waals surface area contributed by atoms with Gasteiger partial charge in [0.15, 0.2) is 0 Å². The average molecular weight is 567 g/mol. The molecule has 1 N–H and O–H groups in total. The number of fused-ring (bicyclic) bond motifs is 2. The zero-order valence-electron chi connectivity index (χ0n) is 21.6. The molecule has 1 aliphatic carbocycles. The SMILES string of the molecule is O=C1CCC(=O)N1Cc1cc2nccc(-c3cc(Cl)cc4c3N(C3CN(C5CCC5)C3)CCC4)c2s1.O=CO. The Hall–Kier alpha value is -3.01. The molecule has 1 aromatic carbocycles. The Balaban J connectivity index is 0.000000883. The van der Waals surface area contributed by atoms with E-state index in [4.69, 9.17) is 21.5 Å². The van der Waals surface area contributed by atoms with Gasteiger partial charge in [0, 0.05) is 71.4 Å². The Morgan fingerprint density at radius 1 is 1.03 bits per heavy atom. The van der Waals surface area contributed by atoms with Crippen LogP contribution in [0.25, 0.3) is 21.3 Å². The number of carbonyl (C=O) groups excluding carboxylic acids is 2. The van der Waals surface area contributed by atoms with Gasteiger partial charge in [0.25, 0.3) is 6.47 Å². The van der Waals surface area contributed by atoms with Crippen molar-refractivity contribution < 1.29 is 19.5 Å². The van der Waals surface area contributed by atoms with Crippen LogP contribution in [0, 0.1) is 0 Å². The van der Waals surface area contributed by atoms with Gasteiger partial charge in [-0.3, -0.25) is 29.2 Å². The number of thiophene rings is 1. The topological polar surface area (TPSA) is 94.1 Å². The van der Waals surface area contributed by atoms with Crippen molar-refractivity contribution in [2.75, 3.05) is 24.5 Å². The number of aryl methyl sites for hydroxylation is 1. The van der Waals surface area contributed by atoms with Gasteiger partial charge >= 0.3 is 0 Å². The predicted octanol–water partition coefficient (Wildman–Crippen LogP) is 4.96. The molecule has 0 bridgehead atoms. The number of carbonyl (C=O) groups is 3. The van der Waals surface area contributed by atoms with E-state index in [1.165, 1.54) is 41.0 Å². The van der Waals surface area contributed by atoms with Crippen molar-refractivity contribution in [3.63, 3.8) is 0 Å². The zero-order valence-corrected chi connectivity index (χ0v) is 23.2. The second-order valence-corrected chi connectivity index (χ2v) is 12.3. The van der Waals surface area contributed by atoms with Crippen LogP contribution in [0.15, 0.2) is 30.5 Å². The van der Waals surface area contributed by atoms with Crippen LogP contribution < -0.4 is 4.90 Å². The number of anilines is 1. The van der Waals surface area contributed by atoms with E-state index in [9.17, 15) is 9.59 Å². The lowest BCUT2D eigenvalue weighted by Gasteiger charge is -2.53. The van der Waals surface area contributed by atoms with Gasteiger partial charge in [-0.25, -0.2) is 0 Å². The Labute approximate surface area is 236 Å². The number of likely N-dealkylation sites (tertiary alicyclic amines) is 2. The summed E-state index contributed by atoms with van der Waals surface area (Å²) in [5.41, 5.74) is 5.88. The lowest BCUT2D eigenvalue weighted by atomic mass is 9.86. The number of benzene rings is 1. The van der Waals surface area contributed by atoms with Crippen molar-refractivity contribution in [3.05, 3.63) is 45.9 Å². The van der Waals surface area contributed by atoms with E-state index in [0.717, 1.165) is 64.2 Å². The third kappa shape index (κ3) is 4.92. The number of halogens is 1. The number of aromatic nitrogens is 1. The molecule has 3 aromatic rings. The van der Waals surface area contributed by atoms with Crippen LogP contribution in [0.4, 0.5) is 5.69 Å². The van der Waals surface area contributed by atoms with Crippen molar-refractivity contribution in [2.24, 2.45) is 0 Å². The molecule has 5 heterocycles. The molecular formula is C29H31ClN4O4S. The number of pyridine rings is 1. The van der Waals surface area contributed by atoms with E-state index < -0.39 is 0 Å². The Bertz CT molecular complexity index is 1420. The maximum Gasteiger partial charge on any atom is 0.290 e. The minimum absolute atomic E-state index is 0.0818. The molecule has 204 valence electrons. The Morgan fingerprint density at radius 3 is 2.46 bits per heavy atom. The van der Waals surface area contributed by atoms with Gasteiger partial charge in [0.05, 0.1) is 22.8 Å². The van der Waals surface area contributed by atoms with E-state index in [-0.39, 0.29) is 18.3 Å². The smallest absolute Gasteiger partial charge is 0.290 e. The van der Waals surface area contributed by atoms with Gasteiger partial charge in [-0.1, -0.05) is 18.0 Å². The molecule has 8 nitrogen and oxygen atoms in total. The number of carboxylic acid groups (broad SMARTS) is 1. The molecule has 39 heavy (non-hydrogen) atoms. The van der Waals surface area contributed by atoms with Crippen molar-refractivity contribution in [2.45, 2.75) is 63.6 Å². The van der Waals surface area contributed by atoms with Gasteiger partial charge in [-0.15, -0.1) is 11.3 Å². The maximum absolute atomic E-state index is 12.2. The summed E-state index contributed by atoms with van der Waals surface area (Å²) in [6.45, 7) is 3.46. The van der Waals surface area contributed by atoms with Gasteiger partial charge in [-0.2, -0.15) is 0 Å². The van der Waals surface area contributed by atoms with Crippen LogP contribution in [0.5, 0.6) is 0 Å². The summed E-state index contributed by atoms with van der Waals surface area (Å²) < 4.78 is 1.09. The molecule has 0 unspecified atom stereocenters. The average Bonchev–Trinajstić information content (AvgIpc) is 3.42. The van der Waals surface area contributed by atoms with Crippen LogP contribution in [0.1, 0.15) is 49.0 Å². The van der Waals surface area contributed by atoms with Crippen LogP contribution >= 0.6 is 22.9 Å². The molecule has 10 heteroatoms. The van der Waals surface area contributed by atoms with Gasteiger partial charge in [0.2, 0.25) is 11.8 Å². The fourth-order valence-electron chi connectivity index (χ4n) is 6.28. The van der Waals surface area contributed by atoms with Gasteiger partial charge in [0.1, 0.15) is 0 Å². The summed E-state index contributed by atoms with van der Waals surface area (Å²) in [6.07, 6.45) is 8.78. The highest BCUT2D eigenvalue weighted by atomic mass is 35.5. The predicted molar refractivity (Wildman–Crippen MR) is 152 cm³/mol. The number of nitrogens with zero attached hydrogens (tertiary/aromatic N) is 4. The largest absolute Gasteiger partial charge is 0.483 e. The number of hydrogen-bond acceptors (Lipinski definition) is 7. The molecule has 0 spiro atoms. The summed E-state index contributed by atoms with van der Waals surface area (Å²) in [5.74, 6) is -0.164. The molecule has 0 radical (unpaired) electrons. The van der Waals surface area contributed by atoms with Crippen LogP contribution in [-0.2, 0) is 27.3 Å². The van der Waals surface area contributed by atoms with E-state index in [1.54, 1.807) is 11.3 Å². The molecule has 3 fully saturated rings. The number of rotatable bonds is 5. The molecular weight excluding hydrogens is 536 g/mol. The van der Waals surface area contributed by atoms with Gasteiger partial charge < -0.3 is 10.0 Å². The Morgan fingerprint density at radius 2 is 1.77 bits per heavy atom. The summed E-state index contributed by atoms with van der Waals surface area (Å²) >= 11 is 8.31. The van der Waals surface area contributed by atoms with E-state index in [0.29, 0.717) is 25.4 Å². The molecule has 4 aliphatic rings. The first-order chi connectivity index (χ1) is 19.0. The molecule has 2 saturated heterocycles. The van der Waals surface area contributed by atoms with Crippen molar-refractivity contribution >= 4 is 57.1 Å². The molecule has 2 amide bonds. The standard InChI is InChI=1S/C28H29ClN4O2S.CH2O2/c29-18-11-17-3-2-10-32(20-14-31(15-20)19-4-1-5-19)27(17)23(12-18)22-8-9-30-24-13-21(36-28(22)24)16-33-25(34)6-7-26(33)35;2-1-3/h8-9,11-13,19-20H,1-7,10,14-16H2;1H,(H,2,3). The lowest BCUT2D eigenvalue weighted by molar-refractivity contribution is -0.139. The first kappa shape index (κ1) is 26.2. The van der Waals surface area contributed by atoms with Crippen LogP contribution in [0.3, 0.4) is 0 Å². The lowest BCUT2D eigenvalue weighted by Crippen LogP contribution is -2.64. The summed E-state index contributed by atoms with van der Waals surface area (Å²) in [5, 5.41) is 7.66. The molecule has 0 atom stereocenters.